The van der Waals surface area contributed by atoms with Crippen LogP contribution in [0.2, 0.25) is 5.02 Å². The number of halogens is 2. The Morgan fingerprint density at radius 1 is 1.40 bits per heavy atom. The second-order valence-corrected chi connectivity index (χ2v) is 6.77. The maximum atomic E-state index is 13.5. The quantitative estimate of drug-likeness (QED) is 0.870. The number of benzene rings is 1. The molecule has 1 aromatic heterocycles. The van der Waals surface area contributed by atoms with Crippen LogP contribution in [0, 0.1) is 5.82 Å². The molecule has 1 aliphatic rings. The van der Waals surface area contributed by atoms with E-state index in [-0.39, 0.29) is 29.3 Å². The predicted molar refractivity (Wildman–Crippen MR) is 93.3 cm³/mol. The van der Waals surface area contributed by atoms with E-state index in [9.17, 15) is 9.18 Å². The molecule has 1 aromatic carbocycles. The average molecular weight is 366 g/mol. The second-order valence-electron chi connectivity index (χ2n) is 6.36. The molecular weight excluding hydrogens is 345 g/mol. The highest BCUT2D eigenvalue weighted by molar-refractivity contribution is 6.30. The predicted octanol–water partition coefficient (Wildman–Crippen LogP) is 2.33. The fourth-order valence-corrected chi connectivity index (χ4v) is 3.30. The van der Waals surface area contributed by atoms with Crippen molar-refractivity contribution in [2.45, 2.75) is 44.1 Å². The van der Waals surface area contributed by atoms with E-state index in [1.54, 1.807) is 17.8 Å². The third-order valence-corrected chi connectivity index (χ3v) is 4.85. The number of carbonyl (C=O) groups is 1. The van der Waals surface area contributed by atoms with Gasteiger partial charge in [0.2, 0.25) is 5.91 Å². The van der Waals surface area contributed by atoms with Crippen molar-refractivity contribution in [1.82, 2.24) is 20.1 Å². The van der Waals surface area contributed by atoms with Crippen molar-refractivity contribution >= 4 is 17.5 Å². The molecule has 0 spiro atoms. The van der Waals surface area contributed by atoms with Gasteiger partial charge in [-0.2, -0.15) is 5.10 Å². The molecule has 8 heteroatoms. The van der Waals surface area contributed by atoms with Gasteiger partial charge in [0.1, 0.15) is 11.6 Å². The van der Waals surface area contributed by atoms with Crippen LogP contribution in [0.25, 0.3) is 5.69 Å². The summed E-state index contributed by atoms with van der Waals surface area (Å²) in [6.45, 7) is 0. The number of nitrogens with zero attached hydrogens (tertiary/aromatic N) is 3. The summed E-state index contributed by atoms with van der Waals surface area (Å²) >= 11 is 5.92. The zero-order valence-electron chi connectivity index (χ0n) is 14.0. The topological polar surface area (TPSA) is 85.8 Å². The molecule has 0 aliphatic heterocycles. The molecule has 1 heterocycles. The minimum absolute atomic E-state index is 0.0254. The van der Waals surface area contributed by atoms with E-state index in [2.05, 4.69) is 15.4 Å². The van der Waals surface area contributed by atoms with E-state index in [4.69, 9.17) is 17.3 Å². The van der Waals surface area contributed by atoms with Crippen LogP contribution in [0.3, 0.4) is 0 Å². The maximum Gasteiger partial charge on any atom is 0.227 e. The highest BCUT2D eigenvalue weighted by Gasteiger charge is 2.26. The normalized spacial score (nSPS) is 20.5. The summed E-state index contributed by atoms with van der Waals surface area (Å²) in [5.41, 5.74) is 6.63. The lowest BCUT2D eigenvalue weighted by Crippen LogP contribution is -2.26. The summed E-state index contributed by atoms with van der Waals surface area (Å²) in [7, 11) is 1.57. The molecule has 6 nitrogen and oxygen atoms in total. The number of likely N-dealkylation sites (N-methyl/N-ethyl adjacent to an activating group) is 1. The molecule has 1 saturated carbocycles. The van der Waals surface area contributed by atoms with Crippen molar-refractivity contribution in [1.29, 1.82) is 0 Å². The summed E-state index contributed by atoms with van der Waals surface area (Å²) in [5.74, 6) is 0.764. The highest BCUT2D eigenvalue weighted by atomic mass is 35.5. The van der Waals surface area contributed by atoms with E-state index < -0.39 is 5.82 Å². The third kappa shape index (κ3) is 3.99. The molecule has 0 unspecified atom stereocenters. The molecule has 3 rings (SSSR count). The standard InChI is InChI=1S/C17H21ClFN5O/c1-21-16(25)9-15-22-17(10-2-4-11(20)5-3-10)24(23-15)12-6-7-14(19)13(18)8-12/h6-8,10-11H,2-5,9,20H2,1H3,(H,21,25). The minimum Gasteiger partial charge on any atom is -0.359 e. The first kappa shape index (κ1) is 17.8. The zero-order valence-corrected chi connectivity index (χ0v) is 14.8. The first-order chi connectivity index (χ1) is 12.0. The first-order valence-electron chi connectivity index (χ1n) is 8.35. The number of hydrogen-bond acceptors (Lipinski definition) is 4. The molecular formula is C17H21ClFN5O. The van der Waals surface area contributed by atoms with Gasteiger partial charge in [-0.25, -0.2) is 14.1 Å². The smallest absolute Gasteiger partial charge is 0.227 e. The van der Waals surface area contributed by atoms with Gasteiger partial charge in [0.05, 0.1) is 17.1 Å². The molecule has 2 aromatic rings. The van der Waals surface area contributed by atoms with Crippen molar-refractivity contribution in [2.75, 3.05) is 7.05 Å². The molecule has 3 N–H and O–H groups in total. The number of carbonyl (C=O) groups excluding carboxylic acids is 1. The van der Waals surface area contributed by atoms with Crippen LogP contribution < -0.4 is 11.1 Å². The zero-order chi connectivity index (χ0) is 18.0. The van der Waals surface area contributed by atoms with Crippen LogP contribution in [0.15, 0.2) is 18.2 Å². The summed E-state index contributed by atoms with van der Waals surface area (Å²) in [5, 5.41) is 7.06. The lowest BCUT2D eigenvalue weighted by atomic mass is 9.86. The van der Waals surface area contributed by atoms with E-state index in [0.717, 1.165) is 31.5 Å². The number of nitrogens with two attached hydrogens (primary N) is 1. The van der Waals surface area contributed by atoms with E-state index in [0.29, 0.717) is 11.5 Å². The first-order valence-corrected chi connectivity index (χ1v) is 8.73. The number of aromatic nitrogens is 3. The van der Waals surface area contributed by atoms with E-state index >= 15 is 0 Å². The number of amides is 1. The summed E-state index contributed by atoms with van der Waals surface area (Å²) < 4.78 is 15.2. The number of nitrogens with one attached hydrogen (secondary N) is 1. The van der Waals surface area contributed by atoms with Crippen LogP contribution in [0.4, 0.5) is 4.39 Å². The molecule has 0 atom stereocenters. The van der Waals surface area contributed by atoms with Gasteiger partial charge in [-0.05, 0) is 43.9 Å². The van der Waals surface area contributed by atoms with Crippen molar-refractivity contribution in [3.05, 3.63) is 40.7 Å². The van der Waals surface area contributed by atoms with Crippen LogP contribution in [-0.4, -0.2) is 33.8 Å². The number of hydrogen-bond donors (Lipinski definition) is 2. The van der Waals surface area contributed by atoms with Gasteiger partial charge in [0.15, 0.2) is 5.82 Å². The Labute approximate surface area is 150 Å². The minimum atomic E-state index is -0.485. The van der Waals surface area contributed by atoms with Crippen LogP contribution in [0.1, 0.15) is 43.3 Å². The Bertz CT molecular complexity index is 770. The molecule has 1 fully saturated rings. The maximum absolute atomic E-state index is 13.5. The molecule has 0 radical (unpaired) electrons. The Morgan fingerprint density at radius 2 is 2.12 bits per heavy atom. The van der Waals surface area contributed by atoms with Gasteiger partial charge in [-0.15, -0.1) is 0 Å². The van der Waals surface area contributed by atoms with Gasteiger partial charge >= 0.3 is 0 Å². The molecule has 1 aliphatic carbocycles. The van der Waals surface area contributed by atoms with Crippen molar-refractivity contribution in [3.63, 3.8) is 0 Å². The van der Waals surface area contributed by atoms with Gasteiger partial charge < -0.3 is 11.1 Å². The fourth-order valence-electron chi connectivity index (χ4n) is 3.12. The Kier molecular flexibility index (Phi) is 5.34. The largest absolute Gasteiger partial charge is 0.359 e. The SMILES string of the molecule is CNC(=O)Cc1nc(C2CCC(N)CC2)n(-c2ccc(F)c(Cl)c2)n1. The summed E-state index contributed by atoms with van der Waals surface area (Å²) in [6.07, 6.45) is 3.76. The monoisotopic (exact) mass is 365 g/mol. The summed E-state index contributed by atoms with van der Waals surface area (Å²) in [6, 6.07) is 4.65. The van der Waals surface area contributed by atoms with Crippen molar-refractivity contribution in [3.8, 4) is 5.69 Å². The van der Waals surface area contributed by atoms with Gasteiger partial charge in [0, 0.05) is 19.0 Å². The van der Waals surface area contributed by atoms with Crippen LogP contribution in [0.5, 0.6) is 0 Å². The molecule has 25 heavy (non-hydrogen) atoms. The Morgan fingerprint density at radius 3 is 2.76 bits per heavy atom. The average Bonchev–Trinajstić information content (AvgIpc) is 3.01. The van der Waals surface area contributed by atoms with Crippen LogP contribution >= 0.6 is 11.6 Å². The van der Waals surface area contributed by atoms with Crippen LogP contribution in [-0.2, 0) is 11.2 Å². The second kappa shape index (κ2) is 7.49. The van der Waals surface area contributed by atoms with Gasteiger partial charge in [-0.1, -0.05) is 11.6 Å². The van der Waals surface area contributed by atoms with Gasteiger partial charge in [0.25, 0.3) is 0 Å². The highest BCUT2D eigenvalue weighted by Crippen LogP contribution is 2.33. The lowest BCUT2D eigenvalue weighted by Gasteiger charge is -2.25. The number of rotatable bonds is 4. The molecule has 1 amide bonds. The van der Waals surface area contributed by atoms with Crippen molar-refractivity contribution in [2.24, 2.45) is 5.73 Å². The van der Waals surface area contributed by atoms with Crippen molar-refractivity contribution < 1.29 is 9.18 Å². The fraction of sp³-hybridized carbons (Fsp3) is 0.471. The lowest BCUT2D eigenvalue weighted by molar-refractivity contribution is -0.120. The molecule has 0 bridgehead atoms. The Balaban J connectivity index is 1.98. The molecule has 134 valence electrons. The third-order valence-electron chi connectivity index (χ3n) is 4.56. The molecule has 0 saturated heterocycles. The Hall–Kier alpha value is -1.99. The van der Waals surface area contributed by atoms with E-state index in [1.165, 1.54) is 12.1 Å². The summed E-state index contributed by atoms with van der Waals surface area (Å²) in [4.78, 5) is 16.3. The van der Waals surface area contributed by atoms with E-state index in [1.807, 2.05) is 0 Å². The van der Waals surface area contributed by atoms with Gasteiger partial charge in [-0.3, -0.25) is 4.79 Å².